The van der Waals surface area contributed by atoms with Gasteiger partial charge in [0.05, 0.1) is 11.2 Å². The first-order valence-electron chi connectivity index (χ1n) is 5.63. The summed E-state index contributed by atoms with van der Waals surface area (Å²) in [6, 6.07) is 0. The molecule has 86 valence electrons. The molecule has 2 heteroatoms. The van der Waals surface area contributed by atoms with E-state index in [1.807, 2.05) is 34.6 Å². The minimum atomic E-state index is -1.04. The minimum absolute atomic E-state index is 0.270. The zero-order chi connectivity index (χ0) is 11.6. The highest BCUT2D eigenvalue weighted by Gasteiger charge is 2.51. The standard InChI is InChI=1S/C12H26O2/c1-7-10(4,5)11(6,13)12(14,8-2)9-3/h13-14H,7-9H2,1-6H3. The fourth-order valence-electron chi connectivity index (χ4n) is 1.91. The smallest absolute Gasteiger partial charge is 0.0955 e. The predicted octanol–water partition coefficient (Wildman–Crippen LogP) is 2.72. The first kappa shape index (κ1) is 13.9. The number of rotatable bonds is 5. The molecule has 0 fully saturated rings. The van der Waals surface area contributed by atoms with Gasteiger partial charge in [-0.2, -0.15) is 0 Å². The molecule has 1 unspecified atom stereocenters. The molecular formula is C12H26O2. The van der Waals surface area contributed by atoms with Crippen LogP contribution in [0.3, 0.4) is 0 Å². The molecule has 0 aliphatic carbocycles. The molecule has 0 aromatic rings. The highest BCUT2D eigenvalue weighted by atomic mass is 16.4. The van der Waals surface area contributed by atoms with Crippen molar-refractivity contribution in [2.45, 2.75) is 72.0 Å². The van der Waals surface area contributed by atoms with E-state index < -0.39 is 11.2 Å². The summed E-state index contributed by atoms with van der Waals surface area (Å²) in [6.07, 6.45) is 2.02. The molecule has 2 N–H and O–H groups in total. The van der Waals surface area contributed by atoms with Crippen molar-refractivity contribution in [2.24, 2.45) is 5.41 Å². The summed E-state index contributed by atoms with van der Waals surface area (Å²) in [5, 5.41) is 20.9. The Balaban J connectivity index is 5.10. The Morgan fingerprint density at radius 3 is 1.36 bits per heavy atom. The molecule has 1 atom stereocenters. The molecule has 0 aromatic carbocycles. The molecule has 0 rings (SSSR count). The Bertz CT molecular complexity index is 179. The zero-order valence-corrected chi connectivity index (χ0v) is 10.5. The van der Waals surface area contributed by atoms with Crippen molar-refractivity contribution >= 4 is 0 Å². The maximum Gasteiger partial charge on any atom is 0.0955 e. The topological polar surface area (TPSA) is 40.5 Å². The van der Waals surface area contributed by atoms with Gasteiger partial charge in [-0.1, -0.05) is 34.6 Å². The summed E-state index contributed by atoms with van der Waals surface area (Å²) in [5.41, 5.74) is -2.29. The number of aliphatic hydroxyl groups is 2. The lowest BCUT2D eigenvalue weighted by Crippen LogP contribution is -2.59. The lowest BCUT2D eigenvalue weighted by atomic mass is 9.63. The van der Waals surface area contributed by atoms with Gasteiger partial charge < -0.3 is 10.2 Å². The monoisotopic (exact) mass is 202 g/mol. The molecule has 0 amide bonds. The molecule has 0 bridgehead atoms. The zero-order valence-electron chi connectivity index (χ0n) is 10.5. The summed E-state index contributed by atoms with van der Waals surface area (Å²) in [4.78, 5) is 0. The van der Waals surface area contributed by atoms with Gasteiger partial charge in [0.2, 0.25) is 0 Å². The Kier molecular flexibility index (Phi) is 4.17. The summed E-state index contributed by atoms with van der Waals surface area (Å²) < 4.78 is 0. The molecule has 0 aromatic heterocycles. The van der Waals surface area contributed by atoms with Gasteiger partial charge in [0, 0.05) is 0 Å². The van der Waals surface area contributed by atoms with Crippen molar-refractivity contribution in [3.8, 4) is 0 Å². The van der Waals surface area contributed by atoms with E-state index in [9.17, 15) is 10.2 Å². The van der Waals surface area contributed by atoms with Crippen LogP contribution >= 0.6 is 0 Å². The van der Waals surface area contributed by atoms with Gasteiger partial charge in [0.15, 0.2) is 0 Å². The predicted molar refractivity (Wildman–Crippen MR) is 60.2 cm³/mol. The second kappa shape index (κ2) is 4.19. The lowest BCUT2D eigenvalue weighted by molar-refractivity contribution is -0.201. The first-order chi connectivity index (χ1) is 6.18. The van der Waals surface area contributed by atoms with E-state index in [2.05, 4.69) is 0 Å². The maximum absolute atomic E-state index is 10.5. The van der Waals surface area contributed by atoms with Crippen molar-refractivity contribution in [1.82, 2.24) is 0 Å². The van der Waals surface area contributed by atoms with Crippen LogP contribution in [0.15, 0.2) is 0 Å². The van der Waals surface area contributed by atoms with Crippen LogP contribution in [0.1, 0.15) is 60.8 Å². The van der Waals surface area contributed by atoms with E-state index in [0.29, 0.717) is 12.8 Å². The maximum atomic E-state index is 10.5. The van der Waals surface area contributed by atoms with Gasteiger partial charge in [-0.3, -0.25) is 0 Å². The summed E-state index contributed by atoms with van der Waals surface area (Å²) >= 11 is 0. The van der Waals surface area contributed by atoms with E-state index in [-0.39, 0.29) is 5.41 Å². The third-order valence-corrected chi connectivity index (χ3v) is 4.28. The molecule has 0 saturated carbocycles. The quantitative estimate of drug-likeness (QED) is 0.719. The summed E-state index contributed by atoms with van der Waals surface area (Å²) in [5.74, 6) is 0. The van der Waals surface area contributed by atoms with E-state index in [4.69, 9.17) is 0 Å². The van der Waals surface area contributed by atoms with Gasteiger partial charge in [-0.25, -0.2) is 0 Å². The van der Waals surface area contributed by atoms with Crippen molar-refractivity contribution in [2.75, 3.05) is 0 Å². The third-order valence-electron chi connectivity index (χ3n) is 4.28. The molecule has 0 radical (unpaired) electrons. The molecule has 2 nitrogen and oxygen atoms in total. The minimum Gasteiger partial charge on any atom is -0.387 e. The van der Waals surface area contributed by atoms with E-state index in [1.165, 1.54) is 0 Å². The second-order valence-electron chi connectivity index (χ2n) is 5.05. The van der Waals surface area contributed by atoms with Crippen molar-refractivity contribution in [3.05, 3.63) is 0 Å². The van der Waals surface area contributed by atoms with E-state index in [1.54, 1.807) is 6.92 Å². The Morgan fingerprint density at radius 2 is 1.14 bits per heavy atom. The second-order valence-corrected chi connectivity index (χ2v) is 5.05. The Morgan fingerprint density at radius 1 is 0.786 bits per heavy atom. The first-order valence-corrected chi connectivity index (χ1v) is 5.63. The summed E-state index contributed by atoms with van der Waals surface area (Å²) in [6.45, 7) is 11.6. The lowest BCUT2D eigenvalue weighted by Gasteiger charge is -2.50. The Hall–Kier alpha value is -0.0800. The number of hydrogen-bond acceptors (Lipinski definition) is 2. The van der Waals surface area contributed by atoms with E-state index >= 15 is 0 Å². The van der Waals surface area contributed by atoms with E-state index in [0.717, 1.165) is 6.42 Å². The SMILES string of the molecule is CCC(C)(C)C(C)(O)C(O)(CC)CC. The van der Waals surface area contributed by atoms with Crippen LogP contribution in [0, 0.1) is 5.41 Å². The van der Waals surface area contributed by atoms with Crippen molar-refractivity contribution < 1.29 is 10.2 Å². The van der Waals surface area contributed by atoms with Crippen LogP contribution in [0.4, 0.5) is 0 Å². The molecule has 0 aliphatic rings. The average molecular weight is 202 g/mol. The van der Waals surface area contributed by atoms with Crippen LogP contribution in [-0.2, 0) is 0 Å². The average Bonchev–Trinajstić information content (AvgIpc) is 2.15. The fraction of sp³-hybridized carbons (Fsp3) is 1.00. The van der Waals surface area contributed by atoms with Crippen LogP contribution in [-0.4, -0.2) is 21.4 Å². The van der Waals surface area contributed by atoms with Gasteiger partial charge in [0.1, 0.15) is 0 Å². The molecule has 0 spiro atoms. The van der Waals surface area contributed by atoms with Gasteiger partial charge in [0.25, 0.3) is 0 Å². The molecule has 0 saturated heterocycles. The molecule has 0 heterocycles. The Labute approximate surface area is 88.3 Å². The third kappa shape index (κ3) is 1.96. The van der Waals surface area contributed by atoms with Gasteiger partial charge >= 0.3 is 0 Å². The highest BCUT2D eigenvalue weighted by Crippen LogP contribution is 2.44. The van der Waals surface area contributed by atoms with Crippen LogP contribution in [0.5, 0.6) is 0 Å². The van der Waals surface area contributed by atoms with Gasteiger partial charge in [-0.05, 0) is 31.6 Å². The van der Waals surface area contributed by atoms with Crippen LogP contribution in [0.2, 0.25) is 0 Å². The molecular weight excluding hydrogens is 176 g/mol. The van der Waals surface area contributed by atoms with Crippen LogP contribution in [0.25, 0.3) is 0 Å². The molecule has 14 heavy (non-hydrogen) atoms. The van der Waals surface area contributed by atoms with Crippen molar-refractivity contribution in [3.63, 3.8) is 0 Å². The summed E-state index contributed by atoms with van der Waals surface area (Å²) in [7, 11) is 0. The largest absolute Gasteiger partial charge is 0.387 e. The molecule has 0 aliphatic heterocycles. The van der Waals surface area contributed by atoms with Crippen LogP contribution < -0.4 is 0 Å². The fourth-order valence-corrected chi connectivity index (χ4v) is 1.91. The van der Waals surface area contributed by atoms with Gasteiger partial charge in [-0.15, -0.1) is 0 Å². The normalized spacial score (nSPS) is 18.0. The number of hydrogen-bond donors (Lipinski definition) is 2. The highest BCUT2D eigenvalue weighted by molar-refractivity contribution is 5.03. The van der Waals surface area contributed by atoms with Crippen molar-refractivity contribution in [1.29, 1.82) is 0 Å².